The normalized spacial score (nSPS) is 10.4. The fraction of sp³-hybridized carbons (Fsp3) is 0.200. The van der Waals surface area contributed by atoms with E-state index in [1.54, 1.807) is 30.5 Å². The summed E-state index contributed by atoms with van der Waals surface area (Å²) in [6.07, 6.45) is 5.26. The molecule has 0 fully saturated rings. The first-order valence-corrected chi connectivity index (χ1v) is 4.17. The van der Waals surface area contributed by atoms with E-state index in [9.17, 15) is 4.79 Å². The molecule has 4 nitrogen and oxygen atoms in total. The van der Waals surface area contributed by atoms with Gasteiger partial charge in [0.25, 0.3) is 0 Å². The Bertz CT molecular complexity index is 330. The van der Waals surface area contributed by atoms with Crippen LogP contribution in [0.3, 0.4) is 0 Å². The monoisotopic (exact) mass is 192 g/mol. The highest BCUT2D eigenvalue weighted by Crippen LogP contribution is 2.03. The summed E-state index contributed by atoms with van der Waals surface area (Å²) in [4.78, 5) is 14.8. The zero-order valence-corrected chi connectivity index (χ0v) is 7.93. The average molecular weight is 192 g/mol. The fourth-order valence-corrected chi connectivity index (χ4v) is 0.875. The Morgan fingerprint density at radius 1 is 1.64 bits per heavy atom. The molecule has 0 radical (unpaired) electrons. The van der Waals surface area contributed by atoms with E-state index >= 15 is 0 Å². The van der Waals surface area contributed by atoms with Crippen molar-refractivity contribution in [3.8, 4) is 0 Å². The van der Waals surface area contributed by atoms with Crippen LogP contribution in [0.1, 0.15) is 12.1 Å². The molecule has 0 aromatic carbocycles. The standard InChI is InChI=1S/C10H12N2O2/c1-14-10(13)4-2-3-9-6-5-8(11)7-12-9/h2-3,5-7H,4,11H2,1H3. The first kappa shape index (κ1) is 10.2. The molecule has 74 valence electrons. The van der Waals surface area contributed by atoms with Gasteiger partial charge in [0.1, 0.15) is 0 Å². The van der Waals surface area contributed by atoms with Crippen LogP contribution in [-0.2, 0) is 9.53 Å². The highest BCUT2D eigenvalue weighted by Gasteiger charge is 1.94. The Balaban J connectivity index is 2.52. The van der Waals surface area contributed by atoms with E-state index in [4.69, 9.17) is 5.73 Å². The molecule has 0 unspecified atom stereocenters. The third-order valence-electron chi connectivity index (χ3n) is 1.61. The van der Waals surface area contributed by atoms with Crippen molar-refractivity contribution in [2.24, 2.45) is 0 Å². The number of nitrogens with two attached hydrogens (primary N) is 1. The van der Waals surface area contributed by atoms with Crippen LogP contribution in [0, 0.1) is 0 Å². The summed E-state index contributed by atoms with van der Waals surface area (Å²) >= 11 is 0. The topological polar surface area (TPSA) is 65.2 Å². The number of carbonyl (C=O) groups excluding carboxylic acids is 1. The van der Waals surface area contributed by atoms with Crippen LogP contribution in [0.25, 0.3) is 6.08 Å². The first-order valence-electron chi connectivity index (χ1n) is 4.17. The van der Waals surface area contributed by atoms with Crippen LogP contribution in [0.15, 0.2) is 24.4 Å². The molecular weight excluding hydrogens is 180 g/mol. The lowest BCUT2D eigenvalue weighted by Gasteiger charge is -1.94. The van der Waals surface area contributed by atoms with Gasteiger partial charge in [-0.25, -0.2) is 0 Å². The number of nitrogen functional groups attached to an aromatic ring is 1. The molecule has 0 saturated carbocycles. The molecule has 1 aromatic rings. The molecule has 0 aliphatic heterocycles. The molecule has 1 aromatic heterocycles. The quantitative estimate of drug-likeness (QED) is 0.732. The minimum Gasteiger partial charge on any atom is -0.469 e. The number of aromatic nitrogens is 1. The van der Waals surface area contributed by atoms with Crippen molar-refractivity contribution in [3.63, 3.8) is 0 Å². The molecule has 0 aliphatic carbocycles. The van der Waals surface area contributed by atoms with Crippen molar-refractivity contribution < 1.29 is 9.53 Å². The molecule has 1 rings (SSSR count). The molecule has 0 atom stereocenters. The maximum absolute atomic E-state index is 10.7. The fourth-order valence-electron chi connectivity index (χ4n) is 0.875. The zero-order valence-electron chi connectivity index (χ0n) is 7.93. The van der Waals surface area contributed by atoms with E-state index in [1.165, 1.54) is 7.11 Å². The van der Waals surface area contributed by atoms with Gasteiger partial charge >= 0.3 is 5.97 Å². The lowest BCUT2D eigenvalue weighted by Crippen LogP contribution is -1.96. The van der Waals surface area contributed by atoms with Gasteiger partial charge in [0.15, 0.2) is 0 Å². The summed E-state index contributed by atoms with van der Waals surface area (Å²) in [5, 5.41) is 0. The molecule has 14 heavy (non-hydrogen) atoms. The summed E-state index contributed by atoms with van der Waals surface area (Å²) in [6, 6.07) is 3.54. The number of pyridine rings is 1. The third kappa shape index (κ3) is 3.26. The Morgan fingerprint density at radius 2 is 2.43 bits per heavy atom. The smallest absolute Gasteiger partial charge is 0.309 e. The number of hydrogen-bond donors (Lipinski definition) is 1. The summed E-state index contributed by atoms with van der Waals surface area (Å²) in [6.45, 7) is 0. The second-order valence-corrected chi connectivity index (χ2v) is 2.70. The average Bonchev–Trinajstić information content (AvgIpc) is 2.21. The maximum Gasteiger partial charge on any atom is 0.309 e. The summed E-state index contributed by atoms with van der Waals surface area (Å²) in [5.41, 5.74) is 6.85. The van der Waals surface area contributed by atoms with Gasteiger partial charge in [-0.1, -0.05) is 6.08 Å². The van der Waals surface area contributed by atoms with Crippen molar-refractivity contribution in [1.82, 2.24) is 4.98 Å². The lowest BCUT2D eigenvalue weighted by molar-refractivity contribution is -0.139. The number of ether oxygens (including phenoxy) is 1. The largest absolute Gasteiger partial charge is 0.469 e. The maximum atomic E-state index is 10.7. The van der Waals surface area contributed by atoms with Gasteiger partial charge in [-0.15, -0.1) is 0 Å². The number of methoxy groups -OCH3 is 1. The molecule has 1 heterocycles. The number of nitrogens with zero attached hydrogens (tertiary/aromatic N) is 1. The SMILES string of the molecule is COC(=O)CC=Cc1ccc(N)cn1. The minimum atomic E-state index is -0.267. The van der Waals surface area contributed by atoms with Crippen molar-refractivity contribution in [3.05, 3.63) is 30.1 Å². The second-order valence-electron chi connectivity index (χ2n) is 2.70. The van der Waals surface area contributed by atoms with E-state index in [-0.39, 0.29) is 12.4 Å². The van der Waals surface area contributed by atoms with E-state index in [0.29, 0.717) is 5.69 Å². The molecule has 0 bridgehead atoms. The third-order valence-corrected chi connectivity index (χ3v) is 1.61. The highest BCUT2D eigenvalue weighted by atomic mass is 16.5. The molecule has 2 N–H and O–H groups in total. The predicted octanol–water partition coefficient (Wildman–Crippen LogP) is 1.24. The molecule has 0 spiro atoms. The number of rotatable bonds is 3. The predicted molar refractivity (Wildman–Crippen MR) is 54.3 cm³/mol. The van der Waals surface area contributed by atoms with Gasteiger partial charge in [0.2, 0.25) is 0 Å². The number of anilines is 1. The minimum absolute atomic E-state index is 0.253. The first-order chi connectivity index (χ1) is 6.72. The van der Waals surface area contributed by atoms with Crippen LogP contribution >= 0.6 is 0 Å². The van der Waals surface area contributed by atoms with Crippen LogP contribution in [0.4, 0.5) is 5.69 Å². The summed E-state index contributed by atoms with van der Waals surface area (Å²) in [5.74, 6) is -0.267. The van der Waals surface area contributed by atoms with Crippen LogP contribution in [0.5, 0.6) is 0 Å². The number of esters is 1. The van der Waals surface area contributed by atoms with Crippen molar-refractivity contribution in [1.29, 1.82) is 0 Å². The zero-order chi connectivity index (χ0) is 10.4. The van der Waals surface area contributed by atoms with E-state index in [0.717, 1.165) is 5.69 Å². The van der Waals surface area contributed by atoms with Crippen molar-refractivity contribution in [2.45, 2.75) is 6.42 Å². The Morgan fingerprint density at radius 3 is 3.00 bits per heavy atom. The van der Waals surface area contributed by atoms with Crippen LogP contribution in [0.2, 0.25) is 0 Å². The van der Waals surface area contributed by atoms with Crippen LogP contribution < -0.4 is 5.73 Å². The van der Waals surface area contributed by atoms with Gasteiger partial charge < -0.3 is 10.5 Å². The Hall–Kier alpha value is -1.84. The van der Waals surface area contributed by atoms with E-state index in [1.807, 2.05) is 0 Å². The Labute approximate surface area is 82.4 Å². The van der Waals surface area contributed by atoms with E-state index in [2.05, 4.69) is 9.72 Å². The van der Waals surface area contributed by atoms with Gasteiger partial charge in [-0.3, -0.25) is 9.78 Å². The molecule has 0 aliphatic rings. The highest BCUT2D eigenvalue weighted by molar-refractivity contribution is 5.72. The van der Waals surface area contributed by atoms with Gasteiger partial charge in [-0.05, 0) is 18.2 Å². The number of carbonyl (C=O) groups is 1. The van der Waals surface area contributed by atoms with Crippen molar-refractivity contribution in [2.75, 3.05) is 12.8 Å². The second kappa shape index (κ2) is 5.01. The van der Waals surface area contributed by atoms with E-state index < -0.39 is 0 Å². The lowest BCUT2D eigenvalue weighted by atomic mass is 10.3. The van der Waals surface area contributed by atoms with Crippen LogP contribution in [-0.4, -0.2) is 18.1 Å². The van der Waals surface area contributed by atoms with Gasteiger partial charge in [0.05, 0.1) is 31.1 Å². The summed E-state index contributed by atoms with van der Waals surface area (Å²) in [7, 11) is 1.36. The van der Waals surface area contributed by atoms with Gasteiger partial charge in [-0.2, -0.15) is 0 Å². The molecule has 0 amide bonds. The molecular formula is C10H12N2O2. The molecule has 4 heteroatoms. The number of hydrogen-bond acceptors (Lipinski definition) is 4. The van der Waals surface area contributed by atoms with Crippen molar-refractivity contribution >= 4 is 17.7 Å². The van der Waals surface area contributed by atoms with Gasteiger partial charge in [0, 0.05) is 0 Å². The Kier molecular flexibility index (Phi) is 3.67. The molecule has 0 saturated heterocycles. The summed E-state index contributed by atoms with van der Waals surface area (Å²) < 4.78 is 4.48.